The number of aryl methyl sites for hydroxylation is 1. The van der Waals surface area contributed by atoms with Crippen molar-refractivity contribution in [1.29, 1.82) is 0 Å². The summed E-state index contributed by atoms with van der Waals surface area (Å²) in [6.07, 6.45) is 2.21. The van der Waals surface area contributed by atoms with E-state index >= 15 is 0 Å². The molecular formula is C24H32N4O3. The van der Waals surface area contributed by atoms with Crippen LogP contribution in [0.5, 0.6) is 5.75 Å². The Hall–Kier alpha value is -2.67. The van der Waals surface area contributed by atoms with E-state index in [0.29, 0.717) is 31.0 Å². The van der Waals surface area contributed by atoms with Gasteiger partial charge in [-0.15, -0.1) is 0 Å². The van der Waals surface area contributed by atoms with Gasteiger partial charge in [0.25, 0.3) is 5.91 Å². The monoisotopic (exact) mass is 424 g/mol. The standard InChI is InChI=1S/C24H32N4O3/c1-17(2)23-25-18(3)15-22(26-23)27-10-12-28(13-11-27)24(29)20-8-4-5-9-21(20)31-16-19-7-6-14-30-19/h4-5,8-9,15,17,19H,6-7,10-14,16H2,1-3H3. The fourth-order valence-electron chi connectivity index (χ4n) is 4.03. The quantitative estimate of drug-likeness (QED) is 0.708. The van der Waals surface area contributed by atoms with Crippen molar-refractivity contribution in [3.63, 3.8) is 0 Å². The molecule has 0 saturated carbocycles. The third-order valence-corrected chi connectivity index (χ3v) is 5.83. The molecule has 0 spiro atoms. The minimum absolute atomic E-state index is 0.0179. The molecule has 1 aromatic heterocycles. The molecule has 4 rings (SSSR count). The topological polar surface area (TPSA) is 67.8 Å². The van der Waals surface area contributed by atoms with Gasteiger partial charge in [0.15, 0.2) is 0 Å². The first-order valence-electron chi connectivity index (χ1n) is 11.2. The lowest BCUT2D eigenvalue weighted by Gasteiger charge is -2.36. The van der Waals surface area contributed by atoms with E-state index in [1.165, 1.54) is 0 Å². The molecule has 0 radical (unpaired) electrons. The van der Waals surface area contributed by atoms with Crippen LogP contribution in [0, 0.1) is 6.92 Å². The fraction of sp³-hybridized carbons (Fsp3) is 0.542. The number of ether oxygens (including phenoxy) is 2. The third kappa shape index (κ3) is 5.15. The number of piperazine rings is 1. The number of anilines is 1. The molecule has 2 fully saturated rings. The Morgan fingerprint density at radius 3 is 2.68 bits per heavy atom. The molecule has 2 aromatic rings. The van der Waals surface area contributed by atoms with Crippen molar-refractivity contribution < 1.29 is 14.3 Å². The van der Waals surface area contributed by atoms with Crippen molar-refractivity contribution >= 4 is 11.7 Å². The zero-order chi connectivity index (χ0) is 21.8. The molecule has 2 saturated heterocycles. The van der Waals surface area contributed by atoms with Gasteiger partial charge in [0, 0.05) is 50.5 Å². The molecule has 166 valence electrons. The number of rotatable bonds is 6. The van der Waals surface area contributed by atoms with Crippen LogP contribution in [0.2, 0.25) is 0 Å². The molecule has 7 heteroatoms. The minimum Gasteiger partial charge on any atom is -0.490 e. The average Bonchev–Trinajstić information content (AvgIpc) is 3.31. The predicted molar refractivity (Wildman–Crippen MR) is 120 cm³/mol. The van der Waals surface area contributed by atoms with Crippen molar-refractivity contribution in [1.82, 2.24) is 14.9 Å². The first kappa shape index (κ1) is 21.6. The van der Waals surface area contributed by atoms with Crippen molar-refractivity contribution in [3.05, 3.63) is 47.4 Å². The van der Waals surface area contributed by atoms with Crippen LogP contribution in [-0.2, 0) is 4.74 Å². The van der Waals surface area contributed by atoms with Gasteiger partial charge in [-0.3, -0.25) is 4.79 Å². The smallest absolute Gasteiger partial charge is 0.257 e. The van der Waals surface area contributed by atoms with Crippen LogP contribution in [0.3, 0.4) is 0 Å². The summed E-state index contributed by atoms with van der Waals surface area (Å²) in [7, 11) is 0. The summed E-state index contributed by atoms with van der Waals surface area (Å²) >= 11 is 0. The van der Waals surface area contributed by atoms with E-state index in [1.807, 2.05) is 42.2 Å². The molecule has 0 N–H and O–H groups in total. The van der Waals surface area contributed by atoms with Crippen LogP contribution in [-0.4, -0.2) is 66.3 Å². The van der Waals surface area contributed by atoms with E-state index in [4.69, 9.17) is 14.5 Å². The molecule has 31 heavy (non-hydrogen) atoms. The van der Waals surface area contributed by atoms with Gasteiger partial charge in [0.2, 0.25) is 0 Å². The molecule has 1 amide bonds. The molecule has 3 heterocycles. The molecule has 2 aliphatic rings. The van der Waals surface area contributed by atoms with Crippen LogP contribution < -0.4 is 9.64 Å². The van der Waals surface area contributed by atoms with Crippen LogP contribution >= 0.6 is 0 Å². The Kier molecular flexibility index (Phi) is 6.70. The zero-order valence-corrected chi connectivity index (χ0v) is 18.7. The normalized spacial score (nSPS) is 19.2. The van der Waals surface area contributed by atoms with Gasteiger partial charge in [-0.1, -0.05) is 26.0 Å². The lowest BCUT2D eigenvalue weighted by molar-refractivity contribution is 0.0648. The van der Waals surface area contributed by atoms with Gasteiger partial charge in [0.1, 0.15) is 24.0 Å². The van der Waals surface area contributed by atoms with Gasteiger partial charge in [0.05, 0.1) is 11.7 Å². The van der Waals surface area contributed by atoms with Crippen LogP contribution in [0.15, 0.2) is 30.3 Å². The Morgan fingerprint density at radius 2 is 1.97 bits per heavy atom. The maximum absolute atomic E-state index is 13.2. The third-order valence-electron chi connectivity index (χ3n) is 5.83. The van der Waals surface area contributed by atoms with Gasteiger partial charge in [-0.05, 0) is 31.9 Å². The van der Waals surface area contributed by atoms with Crippen LogP contribution in [0.25, 0.3) is 0 Å². The molecule has 2 aliphatic heterocycles. The number of amides is 1. The van der Waals surface area contributed by atoms with E-state index in [2.05, 4.69) is 23.7 Å². The second kappa shape index (κ2) is 9.64. The number of carbonyl (C=O) groups excluding carboxylic acids is 1. The van der Waals surface area contributed by atoms with Crippen molar-refractivity contribution in [2.45, 2.75) is 45.6 Å². The summed E-state index contributed by atoms with van der Waals surface area (Å²) in [4.78, 5) is 26.7. The minimum atomic E-state index is 0.0179. The summed E-state index contributed by atoms with van der Waals surface area (Å²) in [5, 5.41) is 0. The molecule has 1 unspecified atom stereocenters. The van der Waals surface area contributed by atoms with Crippen molar-refractivity contribution in [3.8, 4) is 5.75 Å². The van der Waals surface area contributed by atoms with E-state index in [9.17, 15) is 4.79 Å². The number of hydrogen-bond acceptors (Lipinski definition) is 6. The van der Waals surface area contributed by atoms with Crippen molar-refractivity contribution in [2.75, 3.05) is 44.3 Å². The molecular weight excluding hydrogens is 392 g/mol. The zero-order valence-electron chi connectivity index (χ0n) is 18.7. The summed E-state index contributed by atoms with van der Waals surface area (Å²) in [6.45, 7) is 10.3. The van der Waals surface area contributed by atoms with E-state index in [1.54, 1.807) is 0 Å². The van der Waals surface area contributed by atoms with E-state index in [-0.39, 0.29) is 17.9 Å². The van der Waals surface area contributed by atoms with Gasteiger partial charge < -0.3 is 19.3 Å². The molecule has 1 atom stereocenters. The second-order valence-corrected chi connectivity index (χ2v) is 8.60. The first-order valence-corrected chi connectivity index (χ1v) is 11.2. The summed E-state index contributed by atoms with van der Waals surface area (Å²) in [5.41, 5.74) is 1.60. The van der Waals surface area contributed by atoms with E-state index < -0.39 is 0 Å². The maximum atomic E-state index is 13.2. The number of para-hydroxylation sites is 1. The molecule has 1 aromatic carbocycles. The van der Waals surface area contributed by atoms with E-state index in [0.717, 1.165) is 49.9 Å². The Morgan fingerprint density at radius 1 is 1.19 bits per heavy atom. The van der Waals surface area contributed by atoms with Crippen molar-refractivity contribution in [2.24, 2.45) is 0 Å². The first-order chi connectivity index (χ1) is 15.0. The lowest BCUT2D eigenvalue weighted by atomic mass is 10.1. The summed E-state index contributed by atoms with van der Waals surface area (Å²) in [5.74, 6) is 2.75. The van der Waals surface area contributed by atoms with Crippen LogP contribution in [0.1, 0.15) is 54.5 Å². The second-order valence-electron chi connectivity index (χ2n) is 8.60. The van der Waals surface area contributed by atoms with Gasteiger partial charge >= 0.3 is 0 Å². The number of aromatic nitrogens is 2. The van der Waals surface area contributed by atoms with Crippen LogP contribution in [0.4, 0.5) is 5.82 Å². The summed E-state index contributed by atoms with van der Waals surface area (Å²) in [6, 6.07) is 9.54. The van der Waals surface area contributed by atoms with Gasteiger partial charge in [-0.2, -0.15) is 0 Å². The lowest BCUT2D eigenvalue weighted by Crippen LogP contribution is -2.49. The average molecular weight is 425 g/mol. The highest BCUT2D eigenvalue weighted by Gasteiger charge is 2.26. The Balaban J connectivity index is 1.40. The number of benzene rings is 1. The number of nitrogens with zero attached hydrogens (tertiary/aromatic N) is 4. The molecule has 0 aliphatic carbocycles. The van der Waals surface area contributed by atoms with Gasteiger partial charge in [-0.25, -0.2) is 9.97 Å². The SMILES string of the molecule is Cc1cc(N2CCN(C(=O)c3ccccc3OCC3CCCO3)CC2)nc(C(C)C)n1. The molecule has 0 bridgehead atoms. The number of carbonyl (C=O) groups is 1. The largest absolute Gasteiger partial charge is 0.490 e. The highest BCUT2D eigenvalue weighted by molar-refractivity contribution is 5.97. The fourth-order valence-corrected chi connectivity index (χ4v) is 4.03. The highest BCUT2D eigenvalue weighted by atomic mass is 16.5. The highest BCUT2D eigenvalue weighted by Crippen LogP contribution is 2.24. The maximum Gasteiger partial charge on any atom is 0.257 e. The predicted octanol–water partition coefficient (Wildman–Crippen LogP) is 3.43. The number of hydrogen-bond donors (Lipinski definition) is 0. The Bertz CT molecular complexity index is 903. The molecule has 7 nitrogen and oxygen atoms in total. The summed E-state index contributed by atoms with van der Waals surface area (Å²) < 4.78 is 11.6. The Labute approximate surface area is 184 Å².